The highest BCUT2D eigenvalue weighted by Crippen LogP contribution is 2.35. The zero-order valence-corrected chi connectivity index (χ0v) is 58.0. The molecule has 0 amide bonds. The second kappa shape index (κ2) is 40.9. The van der Waals surface area contributed by atoms with Gasteiger partial charge in [0.2, 0.25) is 0 Å². The molecule has 0 radical (unpaired) electrons. The lowest BCUT2D eigenvalue weighted by molar-refractivity contribution is 0.446. The maximum absolute atomic E-state index is 4.38. The molecule has 0 fully saturated rings. The Hall–Kier alpha value is -5.56. The Morgan fingerprint density at radius 3 is 1.14 bits per heavy atom. The van der Waals surface area contributed by atoms with Gasteiger partial charge in [0.15, 0.2) is 0 Å². The first kappa shape index (κ1) is 71.5. The minimum atomic E-state index is 0.607. The molecule has 0 saturated carbocycles. The van der Waals surface area contributed by atoms with Crippen molar-refractivity contribution in [1.29, 1.82) is 0 Å². The van der Waals surface area contributed by atoms with Crippen LogP contribution >= 0.6 is 0 Å². The van der Waals surface area contributed by atoms with Gasteiger partial charge in [-0.2, -0.15) is 0 Å². The van der Waals surface area contributed by atoms with E-state index in [0.29, 0.717) is 23.7 Å². The Bertz CT molecular complexity index is 3110. The van der Waals surface area contributed by atoms with Gasteiger partial charge in [0.25, 0.3) is 0 Å². The van der Waals surface area contributed by atoms with Crippen LogP contribution in [0.25, 0.3) is 39.8 Å². The molecule has 6 aromatic rings. The van der Waals surface area contributed by atoms with Crippen molar-refractivity contribution in [3.05, 3.63) is 170 Å². The average Bonchev–Trinajstić information content (AvgIpc) is 1.40. The van der Waals surface area contributed by atoms with E-state index in [9.17, 15) is 0 Å². The minimum absolute atomic E-state index is 0.607. The van der Waals surface area contributed by atoms with Crippen molar-refractivity contribution in [2.45, 2.75) is 288 Å². The molecule has 4 atom stereocenters. The highest BCUT2D eigenvalue weighted by Gasteiger charge is 2.19. The van der Waals surface area contributed by atoms with Gasteiger partial charge in [-0.25, -0.2) is 0 Å². The molecule has 6 aromatic carbocycles. The molecule has 6 rings (SSSR count). The zero-order chi connectivity index (χ0) is 62.7. The van der Waals surface area contributed by atoms with E-state index in [1.165, 1.54) is 263 Å². The number of unbranched alkanes of at least 4 members (excludes halogenated alkanes) is 14. The highest BCUT2D eigenvalue weighted by molar-refractivity contribution is 6.10. The maximum Gasteiger partial charge on any atom is 0.0406 e. The molecule has 0 aromatic heterocycles. The van der Waals surface area contributed by atoms with Gasteiger partial charge in [-0.15, -0.1) is 0 Å². The fraction of sp³-hybridized carbons (Fsp3) is 0.545. The van der Waals surface area contributed by atoms with Gasteiger partial charge in [-0.05, 0) is 159 Å². The summed E-state index contributed by atoms with van der Waals surface area (Å²) in [7, 11) is 0. The molecular formula is C88H122. The summed E-state index contributed by atoms with van der Waals surface area (Å²) in [5, 5.41) is 4.76. The molecule has 0 heteroatoms. The van der Waals surface area contributed by atoms with E-state index in [2.05, 4.69) is 209 Å². The molecule has 0 bridgehead atoms. The van der Waals surface area contributed by atoms with Crippen molar-refractivity contribution in [3.63, 3.8) is 0 Å². The third kappa shape index (κ3) is 22.4. The third-order valence-electron chi connectivity index (χ3n) is 20.0. The highest BCUT2D eigenvalue weighted by atomic mass is 14.2. The van der Waals surface area contributed by atoms with Crippen LogP contribution in [0.4, 0.5) is 0 Å². The summed E-state index contributed by atoms with van der Waals surface area (Å²) in [6, 6.07) is 35.7. The molecule has 0 spiro atoms. The van der Waals surface area contributed by atoms with Crippen molar-refractivity contribution < 1.29 is 0 Å². The predicted molar refractivity (Wildman–Crippen MR) is 394 cm³/mol. The Morgan fingerprint density at radius 1 is 0.330 bits per heavy atom. The van der Waals surface area contributed by atoms with Crippen molar-refractivity contribution in [3.8, 4) is 23.7 Å². The van der Waals surface area contributed by atoms with Gasteiger partial charge in [-0.3, -0.25) is 0 Å². The monoisotopic (exact) mass is 1180 g/mol. The van der Waals surface area contributed by atoms with Gasteiger partial charge < -0.3 is 0 Å². The van der Waals surface area contributed by atoms with Gasteiger partial charge in [0.05, 0.1) is 0 Å². The Kier molecular flexibility index (Phi) is 33.3. The van der Waals surface area contributed by atoms with Crippen LogP contribution in [0.15, 0.2) is 97.6 Å². The van der Waals surface area contributed by atoms with E-state index in [1.54, 1.807) is 0 Å². The minimum Gasteiger partial charge on any atom is -0.0985 e. The standard InChI is InChI=1S/C88H122/c1-12-23-29-31-33-35-45-74-65-78(75(64-73(74)22-11)46-36-34-32-30-24-13-2)53-54-79-66-82(62-71(21-10)44-28-17-6)80(67-81(79)61-70(20-9)43-27-16-5)56-58-88-85-49-39-37-47-83(85)87(84-48-38-40-50-86(84)88)57-55-77-63-72(59-68(18-7)41-25-14-3)51-52-76(77)60-69(19-8)42-26-15-4/h22,37-40,47-54,63-71H,11-21,23-36,41-46,59-62H2,1-10H3/b54-53+. The van der Waals surface area contributed by atoms with E-state index in [1.807, 2.05) is 0 Å². The third-order valence-corrected chi connectivity index (χ3v) is 20.0. The molecule has 88 heavy (non-hydrogen) atoms. The van der Waals surface area contributed by atoms with E-state index in [0.717, 1.165) is 49.7 Å². The van der Waals surface area contributed by atoms with E-state index in [-0.39, 0.29) is 0 Å². The van der Waals surface area contributed by atoms with Crippen molar-refractivity contribution >= 4 is 39.8 Å². The van der Waals surface area contributed by atoms with Crippen LogP contribution in [0.2, 0.25) is 0 Å². The quantitative estimate of drug-likeness (QED) is 0.0155. The smallest absolute Gasteiger partial charge is 0.0406 e. The van der Waals surface area contributed by atoms with Crippen LogP contribution in [-0.2, 0) is 38.5 Å². The van der Waals surface area contributed by atoms with Crippen LogP contribution in [0, 0.1) is 47.4 Å². The largest absolute Gasteiger partial charge is 0.0985 e. The average molecular weight is 1180 g/mol. The molecule has 0 N–H and O–H groups in total. The first-order valence-corrected chi connectivity index (χ1v) is 36.9. The lowest BCUT2D eigenvalue weighted by Crippen LogP contribution is -2.09. The summed E-state index contributed by atoms with van der Waals surface area (Å²) in [6.07, 6.45) is 49.4. The number of rotatable bonds is 41. The summed E-state index contributed by atoms with van der Waals surface area (Å²) < 4.78 is 0. The summed E-state index contributed by atoms with van der Waals surface area (Å²) in [5.74, 6) is 18.5. The Labute approximate surface area is 541 Å². The van der Waals surface area contributed by atoms with Crippen LogP contribution in [-0.4, -0.2) is 0 Å². The van der Waals surface area contributed by atoms with Crippen LogP contribution < -0.4 is 0 Å². The lowest BCUT2D eigenvalue weighted by atomic mass is 9.84. The second-order valence-electron chi connectivity index (χ2n) is 26.8. The predicted octanol–water partition coefficient (Wildman–Crippen LogP) is 26.4. The fourth-order valence-corrected chi connectivity index (χ4v) is 13.9. The molecule has 0 aliphatic heterocycles. The molecule has 0 heterocycles. The first-order valence-electron chi connectivity index (χ1n) is 36.9. The topological polar surface area (TPSA) is 0 Å². The fourth-order valence-electron chi connectivity index (χ4n) is 13.9. The normalized spacial score (nSPS) is 12.9. The van der Waals surface area contributed by atoms with Crippen LogP contribution in [0.3, 0.4) is 0 Å². The number of fused-ring (bicyclic) bond motifs is 2. The number of aryl methyl sites for hydroxylation is 2. The van der Waals surface area contributed by atoms with E-state index in [4.69, 9.17) is 0 Å². The van der Waals surface area contributed by atoms with Gasteiger partial charge >= 0.3 is 0 Å². The summed E-state index contributed by atoms with van der Waals surface area (Å²) in [4.78, 5) is 0. The van der Waals surface area contributed by atoms with E-state index >= 15 is 0 Å². The number of hydrogen-bond donors (Lipinski definition) is 0. The molecule has 474 valence electrons. The number of benzene rings is 6. The van der Waals surface area contributed by atoms with Gasteiger partial charge in [0.1, 0.15) is 0 Å². The summed E-state index contributed by atoms with van der Waals surface area (Å²) in [5.41, 5.74) is 17.4. The summed E-state index contributed by atoms with van der Waals surface area (Å²) in [6.45, 7) is 27.9. The van der Waals surface area contributed by atoms with Crippen LogP contribution in [0.1, 0.15) is 321 Å². The van der Waals surface area contributed by atoms with Crippen LogP contribution in [0.5, 0.6) is 0 Å². The Morgan fingerprint density at radius 2 is 0.693 bits per heavy atom. The number of hydrogen-bond acceptors (Lipinski definition) is 0. The summed E-state index contributed by atoms with van der Waals surface area (Å²) >= 11 is 0. The Balaban J connectivity index is 1.53. The van der Waals surface area contributed by atoms with Gasteiger partial charge in [-0.1, -0.05) is 364 Å². The van der Waals surface area contributed by atoms with Crippen molar-refractivity contribution in [2.75, 3.05) is 0 Å². The van der Waals surface area contributed by atoms with Crippen molar-refractivity contribution in [1.82, 2.24) is 0 Å². The molecular weight excluding hydrogens is 1060 g/mol. The van der Waals surface area contributed by atoms with Crippen molar-refractivity contribution in [2.24, 2.45) is 23.7 Å². The molecule has 0 nitrogen and oxygen atoms in total. The first-order chi connectivity index (χ1) is 43.2. The molecule has 0 aliphatic rings. The second-order valence-corrected chi connectivity index (χ2v) is 26.8. The molecule has 4 unspecified atom stereocenters. The maximum atomic E-state index is 4.38. The zero-order valence-electron chi connectivity index (χ0n) is 58.0. The molecule has 0 saturated heterocycles. The lowest BCUT2D eigenvalue weighted by Gasteiger charge is -2.21. The molecule has 0 aliphatic carbocycles. The van der Waals surface area contributed by atoms with E-state index < -0.39 is 0 Å². The van der Waals surface area contributed by atoms with Gasteiger partial charge in [0, 0.05) is 22.3 Å². The SMILES string of the molecule is C=Cc1cc(CCCCCCCC)c(/C=C/c2cc(CC(CC)CCCC)c(C#Cc3c4ccccc4c(C#Cc4cc(CC(CC)CCCC)ccc4CC(CC)CCCC)c4ccccc34)cc2CC(CC)CCCC)cc1CCCCCCCC.